The summed E-state index contributed by atoms with van der Waals surface area (Å²) < 4.78 is 6.18. The first-order valence-corrected chi connectivity index (χ1v) is 18.6. The van der Waals surface area contributed by atoms with E-state index in [1.54, 1.807) is 13.8 Å². The molecule has 5 aliphatic rings. The monoisotopic (exact) mass is 626 g/mol. The van der Waals surface area contributed by atoms with Gasteiger partial charge in [0.05, 0.1) is 11.8 Å². The average Bonchev–Trinajstić information content (AvgIpc) is 3.33. The van der Waals surface area contributed by atoms with E-state index in [9.17, 15) is 14.7 Å². The Balaban J connectivity index is 1.40. The van der Waals surface area contributed by atoms with Gasteiger partial charge in [0, 0.05) is 5.41 Å². The molecule has 256 valence electrons. The maximum absolute atomic E-state index is 13.0. The molecule has 0 unspecified atom stereocenters. The van der Waals surface area contributed by atoms with Gasteiger partial charge >= 0.3 is 11.9 Å². The van der Waals surface area contributed by atoms with Crippen LogP contribution < -0.4 is 0 Å². The molecule has 0 bridgehead atoms. The summed E-state index contributed by atoms with van der Waals surface area (Å²) in [7, 11) is 2.29. The summed E-state index contributed by atoms with van der Waals surface area (Å²) in [6, 6.07) is 0. The summed E-state index contributed by atoms with van der Waals surface area (Å²) >= 11 is 0. The van der Waals surface area contributed by atoms with Crippen molar-refractivity contribution in [1.29, 1.82) is 0 Å². The molecule has 5 fully saturated rings. The van der Waals surface area contributed by atoms with Crippen molar-refractivity contribution in [2.75, 3.05) is 20.1 Å². The minimum atomic E-state index is -1.11. The molecule has 5 saturated carbocycles. The van der Waals surface area contributed by atoms with Gasteiger partial charge in [-0.2, -0.15) is 0 Å². The molecule has 5 rings (SSSR count). The van der Waals surface area contributed by atoms with Crippen LogP contribution in [0.5, 0.6) is 0 Å². The Bertz CT molecular complexity index is 1170. The van der Waals surface area contributed by atoms with E-state index >= 15 is 0 Å². The largest absolute Gasteiger partial charge is 0.481 e. The molecule has 0 aromatic heterocycles. The number of esters is 1. The van der Waals surface area contributed by atoms with Crippen molar-refractivity contribution < 1.29 is 19.4 Å². The molecule has 45 heavy (non-hydrogen) atoms. The lowest BCUT2D eigenvalue weighted by Gasteiger charge is -2.73. The predicted octanol–water partition coefficient (Wildman–Crippen LogP) is 9.40. The topological polar surface area (TPSA) is 66.8 Å². The highest BCUT2D eigenvalue weighted by molar-refractivity contribution is 5.81. The van der Waals surface area contributed by atoms with Gasteiger partial charge < -0.3 is 14.7 Å². The van der Waals surface area contributed by atoms with Crippen molar-refractivity contribution in [3.05, 3.63) is 12.2 Å². The summed E-state index contributed by atoms with van der Waals surface area (Å²) in [6.45, 7) is 27.5. The number of fused-ring (bicyclic) bond motifs is 7. The molecular formula is C40H67NO4. The first kappa shape index (κ1) is 35.0. The van der Waals surface area contributed by atoms with Gasteiger partial charge in [0.1, 0.15) is 6.10 Å². The zero-order chi connectivity index (χ0) is 33.4. The molecular weight excluding hydrogens is 558 g/mol. The quantitative estimate of drug-likeness (QED) is 0.204. The van der Waals surface area contributed by atoms with Gasteiger partial charge in [-0.15, -0.1) is 0 Å². The zero-order valence-corrected chi connectivity index (χ0v) is 30.7. The number of hydrogen-bond donors (Lipinski definition) is 1. The van der Waals surface area contributed by atoms with Gasteiger partial charge in [0.15, 0.2) is 0 Å². The first-order valence-electron chi connectivity index (χ1n) is 18.6. The number of hydrogen-bond acceptors (Lipinski definition) is 4. The Hall–Kier alpha value is -1.36. The Kier molecular flexibility index (Phi) is 9.06. The van der Waals surface area contributed by atoms with Crippen LogP contribution in [0.25, 0.3) is 0 Å². The summed E-state index contributed by atoms with van der Waals surface area (Å²) in [4.78, 5) is 27.2. The minimum Gasteiger partial charge on any atom is -0.481 e. The highest BCUT2D eigenvalue weighted by Crippen LogP contribution is 2.78. The van der Waals surface area contributed by atoms with Crippen molar-refractivity contribution >= 4 is 11.9 Å². The van der Waals surface area contributed by atoms with Crippen LogP contribution in [-0.2, 0) is 14.3 Å². The Morgan fingerprint density at radius 1 is 0.911 bits per heavy atom. The van der Waals surface area contributed by atoms with Gasteiger partial charge in [-0.3, -0.25) is 9.59 Å². The fourth-order valence-corrected chi connectivity index (χ4v) is 13.1. The fourth-order valence-electron chi connectivity index (χ4n) is 13.1. The number of carboxylic acid groups (broad SMARTS) is 1. The van der Waals surface area contributed by atoms with E-state index < -0.39 is 11.4 Å². The van der Waals surface area contributed by atoms with Crippen molar-refractivity contribution in [2.45, 2.75) is 145 Å². The Morgan fingerprint density at radius 2 is 1.60 bits per heavy atom. The van der Waals surface area contributed by atoms with Gasteiger partial charge in [-0.1, -0.05) is 53.7 Å². The van der Waals surface area contributed by atoms with Crippen molar-refractivity contribution in [2.24, 2.45) is 62.1 Å². The SMILES string of the molecule is C=C(C)[C@@H]1CC[C@]2(CCN(C)CC)CC[C@]3(C)[C@H](CC[C@@H]4[C@@]5(C)CC[C@H](OC(=O)CC(C)(C)C(=O)O)C(C)(C)[C@@H]5CC[C@]43C)[C@@H]12. The average molecular weight is 626 g/mol. The van der Waals surface area contributed by atoms with Gasteiger partial charge in [-0.25, -0.2) is 0 Å². The van der Waals surface area contributed by atoms with Crippen LogP contribution in [0, 0.1) is 62.1 Å². The molecule has 0 spiro atoms. The lowest BCUT2D eigenvalue weighted by molar-refractivity contribution is -0.250. The third-order valence-corrected chi connectivity index (χ3v) is 16.1. The number of allylic oxidation sites excluding steroid dienone is 1. The molecule has 0 saturated heterocycles. The number of nitrogens with zero attached hydrogens (tertiary/aromatic N) is 1. The molecule has 0 aromatic carbocycles. The van der Waals surface area contributed by atoms with Crippen LogP contribution in [0.2, 0.25) is 0 Å². The van der Waals surface area contributed by atoms with Crippen molar-refractivity contribution in [3.8, 4) is 0 Å². The molecule has 5 aliphatic carbocycles. The molecule has 5 nitrogen and oxygen atoms in total. The normalized spacial score (nSPS) is 43.9. The number of carboxylic acids is 1. The number of aliphatic carboxylic acids is 1. The number of rotatable bonds is 9. The van der Waals surface area contributed by atoms with E-state index in [-0.39, 0.29) is 29.3 Å². The second-order valence-electron chi connectivity index (χ2n) is 18.9. The smallest absolute Gasteiger partial charge is 0.309 e. The minimum absolute atomic E-state index is 0.0835. The van der Waals surface area contributed by atoms with Crippen LogP contribution >= 0.6 is 0 Å². The first-order chi connectivity index (χ1) is 20.8. The summed E-state index contributed by atoms with van der Waals surface area (Å²) in [5.41, 5.74) is 1.51. The maximum atomic E-state index is 13.0. The van der Waals surface area contributed by atoms with Crippen molar-refractivity contribution in [1.82, 2.24) is 4.90 Å². The third-order valence-electron chi connectivity index (χ3n) is 16.1. The summed E-state index contributed by atoms with van der Waals surface area (Å²) in [5, 5.41) is 9.58. The molecule has 0 heterocycles. The lowest BCUT2D eigenvalue weighted by atomic mass is 9.32. The molecule has 10 atom stereocenters. The van der Waals surface area contributed by atoms with E-state index in [1.165, 1.54) is 69.9 Å². The highest BCUT2D eigenvalue weighted by Gasteiger charge is 2.71. The van der Waals surface area contributed by atoms with Gasteiger partial charge in [0.25, 0.3) is 0 Å². The van der Waals surface area contributed by atoms with E-state index in [4.69, 9.17) is 4.74 Å². The van der Waals surface area contributed by atoms with E-state index in [0.717, 1.165) is 31.2 Å². The van der Waals surface area contributed by atoms with Crippen LogP contribution in [0.1, 0.15) is 139 Å². The molecule has 0 radical (unpaired) electrons. The van der Waals surface area contributed by atoms with Crippen LogP contribution in [0.15, 0.2) is 12.2 Å². The molecule has 0 aromatic rings. The van der Waals surface area contributed by atoms with Crippen LogP contribution in [-0.4, -0.2) is 48.2 Å². The highest BCUT2D eigenvalue weighted by atomic mass is 16.5. The fraction of sp³-hybridized carbons (Fsp3) is 0.900. The van der Waals surface area contributed by atoms with Gasteiger partial charge in [0.2, 0.25) is 0 Å². The van der Waals surface area contributed by atoms with E-state index in [2.05, 4.69) is 67.0 Å². The second-order valence-corrected chi connectivity index (χ2v) is 18.9. The molecule has 0 aliphatic heterocycles. The number of ether oxygens (including phenoxy) is 1. The van der Waals surface area contributed by atoms with Crippen molar-refractivity contribution in [3.63, 3.8) is 0 Å². The zero-order valence-electron chi connectivity index (χ0n) is 30.7. The molecule has 5 heteroatoms. The molecule has 1 N–H and O–H groups in total. The number of carbonyl (C=O) groups is 2. The standard InChI is InChI=1S/C40H67NO4/c1-12-41(11)24-23-40-20-15-27(26(2)3)33(40)28-13-14-30-37(8)18-17-31(45-32(42)25-35(4,5)34(43)44)36(6,7)29(37)16-19-39(30,10)38(28,9)21-22-40/h27-31,33H,2,12-25H2,1,3-11H3,(H,43,44)/t27-,28+,29-,30+,31-,33+,37-,38+,39+,40+/m0/s1. The second kappa shape index (κ2) is 11.7. The third kappa shape index (κ3) is 5.36. The summed E-state index contributed by atoms with van der Waals surface area (Å²) in [5.74, 6) is 2.06. The Labute approximate surface area is 275 Å². The summed E-state index contributed by atoms with van der Waals surface area (Å²) in [6.07, 6.45) is 13.7. The van der Waals surface area contributed by atoms with Gasteiger partial charge in [-0.05, 0) is 163 Å². The maximum Gasteiger partial charge on any atom is 0.309 e. The number of carbonyl (C=O) groups excluding carboxylic acids is 1. The predicted molar refractivity (Wildman–Crippen MR) is 183 cm³/mol. The van der Waals surface area contributed by atoms with E-state index in [0.29, 0.717) is 34.0 Å². The Morgan fingerprint density at radius 3 is 2.22 bits per heavy atom. The van der Waals surface area contributed by atoms with E-state index in [1.807, 2.05) is 0 Å². The van der Waals surface area contributed by atoms with Crippen LogP contribution in [0.3, 0.4) is 0 Å². The molecule has 0 amide bonds. The van der Waals surface area contributed by atoms with Crippen LogP contribution in [0.4, 0.5) is 0 Å². The lowest BCUT2D eigenvalue weighted by Crippen LogP contribution is -2.66.